The number of nitrogens with zero attached hydrogens (tertiary/aromatic N) is 3. The first-order valence-corrected chi connectivity index (χ1v) is 9.06. The molecule has 1 unspecified atom stereocenters. The molecule has 1 fully saturated rings. The van der Waals surface area contributed by atoms with Gasteiger partial charge in [-0.05, 0) is 17.7 Å². The fourth-order valence-corrected chi connectivity index (χ4v) is 3.41. The van der Waals surface area contributed by atoms with Crippen LogP contribution in [0, 0.1) is 10.1 Å². The van der Waals surface area contributed by atoms with Crippen molar-refractivity contribution in [1.29, 1.82) is 0 Å². The zero-order valence-electron chi connectivity index (χ0n) is 15.6. The molecule has 2 heterocycles. The number of anilines is 1. The second kappa shape index (κ2) is 7.39. The van der Waals surface area contributed by atoms with Crippen LogP contribution >= 0.6 is 0 Å². The molecule has 0 aliphatic carbocycles. The highest BCUT2D eigenvalue weighted by Crippen LogP contribution is 2.35. The molecule has 2 aliphatic rings. The van der Waals surface area contributed by atoms with Gasteiger partial charge in [0.05, 0.1) is 17.0 Å². The molecule has 0 bridgehead atoms. The highest BCUT2D eigenvalue weighted by atomic mass is 16.6. The van der Waals surface area contributed by atoms with Crippen molar-refractivity contribution >= 4 is 34.9 Å². The third-order valence-electron chi connectivity index (χ3n) is 4.96. The lowest BCUT2D eigenvalue weighted by Crippen LogP contribution is -2.47. The molecule has 152 valence electrons. The molecule has 4 rings (SSSR count). The summed E-state index contributed by atoms with van der Waals surface area (Å²) in [5.74, 6) is -1.73. The molecular formula is C20H16N4O6. The second-order valence-corrected chi connectivity index (χ2v) is 6.98. The SMILES string of the molecule is O=C(OCc1ccccc1)C1=NNC2(CC(=O)N(c3ccc([N+](=O)[O-])cc3)C2=O)C1. The van der Waals surface area contributed by atoms with Crippen molar-refractivity contribution in [3.05, 3.63) is 70.3 Å². The summed E-state index contributed by atoms with van der Waals surface area (Å²) in [6.07, 6.45) is -0.281. The number of ether oxygens (including phenoxy) is 1. The maximum absolute atomic E-state index is 13.0. The average Bonchev–Trinajstić information content (AvgIpc) is 3.28. The largest absolute Gasteiger partial charge is 0.456 e. The Labute approximate surface area is 170 Å². The molecule has 30 heavy (non-hydrogen) atoms. The van der Waals surface area contributed by atoms with Gasteiger partial charge in [-0.1, -0.05) is 30.3 Å². The number of esters is 1. The van der Waals surface area contributed by atoms with Crippen LogP contribution in [0.5, 0.6) is 0 Å². The molecule has 10 heteroatoms. The smallest absolute Gasteiger partial charge is 0.354 e. The molecular weight excluding hydrogens is 392 g/mol. The quantitative estimate of drug-likeness (QED) is 0.345. The Bertz CT molecular complexity index is 1070. The van der Waals surface area contributed by atoms with E-state index in [4.69, 9.17) is 4.74 Å². The van der Waals surface area contributed by atoms with Crippen LogP contribution in [0.1, 0.15) is 18.4 Å². The minimum Gasteiger partial charge on any atom is -0.456 e. The minimum atomic E-state index is -1.36. The predicted octanol–water partition coefficient (Wildman–Crippen LogP) is 1.69. The van der Waals surface area contributed by atoms with Crippen molar-refractivity contribution in [2.45, 2.75) is 25.0 Å². The number of amides is 2. The summed E-state index contributed by atoms with van der Waals surface area (Å²) in [6.45, 7) is 0.0630. The summed E-state index contributed by atoms with van der Waals surface area (Å²) in [5, 5.41) is 14.7. The maximum Gasteiger partial charge on any atom is 0.354 e. The van der Waals surface area contributed by atoms with Crippen molar-refractivity contribution in [2.24, 2.45) is 5.10 Å². The first-order valence-electron chi connectivity index (χ1n) is 9.06. The first kappa shape index (κ1) is 19.2. The molecule has 1 saturated heterocycles. The number of carbonyl (C=O) groups excluding carboxylic acids is 3. The van der Waals surface area contributed by atoms with Gasteiger partial charge in [0.15, 0.2) is 0 Å². The van der Waals surface area contributed by atoms with E-state index < -0.39 is 28.2 Å². The van der Waals surface area contributed by atoms with Crippen LogP contribution in [0.4, 0.5) is 11.4 Å². The van der Waals surface area contributed by atoms with Gasteiger partial charge in [-0.2, -0.15) is 5.10 Å². The van der Waals surface area contributed by atoms with Crippen LogP contribution in [0.2, 0.25) is 0 Å². The zero-order chi connectivity index (χ0) is 21.3. The molecule has 10 nitrogen and oxygen atoms in total. The van der Waals surface area contributed by atoms with E-state index in [1.165, 1.54) is 24.3 Å². The Morgan fingerprint density at radius 3 is 2.50 bits per heavy atom. The van der Waals surface area contributed by atoms with E-state index in [1.807, 2.05) is 30.3 Å². The Morgan fingerprint density at radius 1 is 1.13 bits per heavy atom. The highest BCUT2D eigenvalue weighted by Gasteiger charge is 2.56. The standard InChI is InChI=1S/C20H16N4O6/c25-17-11-20(19(27)23(17)14-6-8-15(9-7-14)24(28)29)10-16(21-22-20)18(26)30-12-13-4-2-1-3-5-13/h1-9,22H,10-12H2. The van der Waals surface area contributed by atoms with Gasteiger partial charge in [-0.15, -0.1) is 0 Å². The van der Waals surface area contributed by atoms with E-state index >= 15 is 0 Å². The zero-order valence-corrected chi connectivity index (χ0v) is 15.6. The predicted molar refractivity (Wildman–Crippen MR) is 104 cm³/mol. The topological polar surface area (TPSA) is 131 Å². The molecule has 2 amide bonds. The summed E-state index contributed by atoms with van der Waals surface area (Å²) < 4.78 is 5.24. The summed E-state index contributed by atoms with van der Waals surface area (Å²) >= 11 is 0. The van der Waals surface area contributed by atoms with Gasteiger partial charge < -0.3 is 4.74 Å². The van der Waals surface area contributed by atoms with Gasteiger partial charge >= 0.3 is 5.97 Å². The number of hydrazone groups is 1. The minimum absolute atomic E-state index is 0.0256. The second-order valence-electron chi connectivity index (χ2n) is 6.98. The van der Waals surface area contributed by atoms with E-state index in [0.717, 1.165) is 10.5 Å². The van der Waals surface area contributed by atoms with Gasteiger partial charge in [0.2, 0.25) is 5.91 Å². The van der Waals surface area contributed by atoms with Crippen molar-refractivity contribution in [3.63, 3.8) is 0 Å². The van der Waals surface area contributed by atoms with E-state index in [0.29, 0.717) is 0 Å². The summed E-state index contributed by atoms with van der Waals surface area (Å²) in [6, 6.07) is 14.2. The van der Waals surface area contributed by atoms with Crippen LogP contribution in [0.15, 0.2) is 59.7 Å². The third-order valence-corrected chi connectivity index (χ3v) is 4.96. The molecule has 0 saturated carbocycles. The lowest BCUT2D eigenvalue weighted by Gasteiger charge is -2.21. The molecule has 0 aromatic heterocycles. The average molecular weight is 408 g/mol. The van der Waals surface area contributed by atoms with Crippen molar-refractivity contribution in [3.8, 4) is 0 Å². The Balaban J connectivity index is 1.44. The monoisotopic (exact) mass is 408 g/mol. The Morgan fingerprint density at radius 2 is 1.83 bits per heavy atom. The third kappa shape index (κ3) is 3.39. The first-order chi connectivity index (χ1) is 14.4. The number of hydrogen-bond donors (Lipinski definition) is 1. The number of hydrogen-bond acceptors (Lipinski definition) is 8. The highest BCUT2D eigenvalue weighted by molar-refractivity contribution is 6.39. The van der Waals surface area contributed by atoms with E-state index in [-0.39, 0.29) is 36.5 Å². The number of non-ortho nitro benzene ring substituents is 1. The molecule has 0 radical (unpaired) electrons. The van der Waals surface area contributed by atoms with Gasteiger partial charge in [0.25, 0.3) is 11.6 Å². The lowest BCUT2D eigenvalue weighted by atomic mass is 9.93. The summed E-state index contributed by atoms with van der Waals surface area (Å²) in [7, 11) is 0. The van der Waals surface area contributed by atoms with Crippen LogP contribution < -0.4 is 10.3 Å². The normalized spacial score (nSPS) is 20.3. The molecule has 1 N–H and O–H groups in total. The fraction of sp³-hybridized carbons (Fsp3) is 0.200. The number of nitrogens with one attached hydrogen (secondary N) is 1. The number of nitro groups is 1. The van der Waals surface area contributed by atoms with Crippen LogP contribution in [0.3, 0.4) is 0 Å². The van der Waals surface area contributed by atoms with E-state index in [9.17, 15) is 24.5 Å². The Kier molecular flexibility index (Phi) is 4.74. The molecule has 2 aliphatic heterocycles. The van der Waals surface area contributed by atoms with Gasteiger partial charge in [-0.25, -0.2) is 9.69 Å². The van der Waals surface area contributed by atoms with Crippen LogP contribution in [-0.4, -0.2) is 34.0 Å². The number of carbonyl (C=O) groups is 3. The van der Waals surface area contributed by atoms with Gasteiger partial charge in [0.1, 0.15) is 17.9 Å². The molecule has 2 aromatic rings. The lowest BCUT2D eigenvalue weighted by molar-refractivity contribution is -0.384. The molecule has 1 atom stereocenters. The fourth-order valence-electron chi connectivity index (χ4n) is 3.41. The van der Waals surface area contributed by atoms with Crippen molar-refractivity contribution in [1.82, 2.24) is 5.43 Å². The van der Waals surface area contributed by atoms with Crippen molar-refractivity contribution in [2.75, 3.05) is 4.90 Å². The number of nitro benzene ring substituents is 1. The van der Waals surface area contributed by atoms with Gasteiger partial charge in [0, 0.05) is 18.6 Å². The van der Waals surface area contributed by atoms with Gasteiger partial charge in [-0.3, -0.25) is 25.1 Å². The molecule has 2 aromatic carbocycles. The summed E-state index contributed by atoms with van der Waals surface area (Å²) in [4.78, 5) is 49.0. The number of benzene rings is 2. The van der Waals surface area contributed by atoms with Crippen LogP contribution in [-0.2, 0) is 25.7 Å². The van der Waals surface area contributed by atoms with Crippen LogP contribution in [0.25, 0.3) is 0 Å². The Hall–Kier alpha value is -4.08. The number of imide groups is 1. The van der Waals surface area contributed by atoms with E-state index in [1.54, 1.807) is 0 Å². The summed E-state index contributed by atoms with van der Waals surface area (Å²) in [5.41, 5.74) is 2.17. The van der Waals surface area contributed by atoms with E-state index in [2.05, 4.69) is 10.5 Å². The maximum atomic E-state index is 13.0. The molecule has 1 spiro atoms. The van der Waals surface area contributed by atoms with Crippen molar-refractivity contribution < 1.29 is 24.0 Å². The number of rotatable bonds is 5.